The molecule has 2 aromatic heterocycles. The van der Waals surface area contributed by atoms with Gasteiger partial charge >= 0.3 is 5.69 Å². The first-order valence-corrected chi connectivity index (χ1v) is 11.6. The Balaban J connectivity index is 1.67. The van der Waals surface area contributed by atoms with Crippen LogP contribution in [-0.4, -0.2) is 24.6 Å². The van der Waals surface area contributed by atoms with Crippen molar-refractivity contribution in [1.82, 2.24) is 24.0 Å². The molecule has 3 aromatic rings. The lowest BCUT2D eigenvalue weighted by Crippen LogP contribution is -2.45. The molecule has 1 atom stereocenters. The number of imidazole rings is 1. The number of hydrogen-bond donors (Lipinski definition) is 1. The summed E-state index contributed by atoms with van der Waals surface area (Å²) in [5.74, 6) is -0.326. The van der Waals surface area contributed by atoms with Crippen molar-refractivity contribution in [1.29, 1.82) is 0 Å². The van der Waals surface area contributed by atoms with E-state index in [2.05, 4.69) is 23.3 Å². The van der Waals surface area contributed by atoms with Crippen molar-refractivity contribution in [2.75, 3.05) is 0 Å². The maximum absolute atomic E-state index is 13.3. The third-order valence-electron chi connectivity index (χ3n) is 6.19. The number of amides is 1. The molecule has 0 unspecified atom stereocenters. The van der Waals surface area contributed by atoms with Crippen molar-refractivity contribution in [3.05, 3.63) is 62.6 Å². The number of nitrogens with zero attached hydrogens (tertiary/aromatic N) is 4. The number of benzene rings is 1. The highest BCUT2D eigenvalue weighted by Gasteiger charge is 2.23. The molecule has 0 spiro atoms. The van der Waals surface area contributed by atoms with Crippen molar-refractivity contribution < 1.29 is 4.79 Å². The first-order chi connectivity index (χ1) is 15.5. The molecule has 0 fully saturated rings. The molecule has 1 aliphatic rings. The number of aromatic nitrogens is 4. The molecular formula is C24H31N5O3. The summed E-state index contributed by atoms with van der Waals surface area (Å²) in [6.45, 7) is 4.85. The minimum absolute atomic E-state index is 0.0974. The predicted octanol–water partition coefficient (Wildman–Crippen LogP) is 2.76. The standard InChI is InChI=1S/C24H31N5O3/c1-3-5-14-27-16-25-22-21(27)23(31)29(24(32)28(22)13-4-2)15-20(30)26-19-12-8-10-17-9-6-7-11-18(17)19/h6-7,9,11,16,19H,3-5,8,10,12-15H2,1-2H3,(H,26,30)/t19-/m1/s1. The summed E-state index contributed by atoms with van der Waals surface area (Å²) >= 11 is 0. The van der Waals surface area contributed by atoms with E-state index in [9.17, 15) is 14.4 Å². The minimum atomic E-state index is -0.482. The van der Waals surface area contributed by atoms with Crippen molar-refractivity contribution in [2.24, 2.45) is 0 Å². The van der Waals surface area contributed by atoms with Gasteiger partial charge in [0.05, 0.1) is 12.4 Å². The zero-order chi connectivity index (χ0) is 22.7. The fourth-order valence-electron chi connectivity index (χ4n) is 4.59. The summed E-state index contributed by atoms with van der Waals surface area (Å²) in [6.07, 6.45) is 7.07. The molecule has 32 heavy (non-hydrogen) atoms. The number of rotatable bonds is 8. The van der Waals surface area contributed by atoms with Gasteiger partial charge in [0.15, 0.2) is 11.2 Å². The van der Waals surface area contributed by atoms with Gasteiger partial charge in [-0.3, -0.25) is 14.2 Å². The van der Waals surface area contributed by atoms with Gasteiger partial charge in [-0.25, -0.2) is 14.3 Å². The summed E-state index contributed by atoms with van der Waals surface area (Å²) < 4.78 is 4.38. The van der Waals surface area contributed by atoms with Gasteiger partial charge in [-0.2, -0.15) is 0 Å². The van der Waals surface area contributed by atoms with E-state index < -0.39 is 11.2 Å². The van der Waals surface area contributed by atoms with Crippen LogP contribution in [0.25, 0.3) is 11.2 Å². The van der Waals surface area contributed by atoms with Gasteiger partial charge in [-0.15, -0.1) is 0 Å². The van der Waals surface area contributed by atoms with Crippen LogP contribution in [-0.2, 0) is 30.8 Å². The van der Waals surface area contributed by atoms with Crippen molar-refractivity contribution in [3.63, 3.8) is 0 Å². The van der Waals surface area contributed by atoms with Crippen LogP contribution in [0.5, 0.6) is 0 Å². The van der Waals surface area contributed by atoms with Crippen LogP contribution in [0.4, 0.5) is 0 Å². The molecular weight excluding hydrogens is 406 g/mol. The molecule has 0 radical (unpaired) electrons. The van der Waals surface area contributed by atoms with Crippen LogP contribution in [0.15, 0.2) is 40.2 Å². The van der Waals surface area contributed by atoms with Gasteiger partial charge in [0.2, 0.25) is 5.91 Å². The lowest BCUT2D eigenvalue weighted by Gasteiger charge is -2.26. The molecule has 0 saturated carbocycles. The van der Waals surface area contributed by atoms with E-state index >= 15 is 0 Å². The van der Waals surface area contributed by atoms with Crippen molar-refractivity contribution in [3.8, 4) is 0 Å². The Morgan fingerprint density at radius 2 is 1.94 bits per heavy atom. The van der Waals surface area contributed by atoms with Crippen LogP contribution in [0.2, 0.25) is 0 Å². The molecule has 170 valence electrons. The number of aryl methyl sites for hydroxylation is 3. The number of unbranched alkanes of at least 4 members (excludes halogenated alkanes) is 1. The number of fused-ring (bicyclic) bond motifs is 2. The van der Waals surface area contributed by atoms with E-state index in [4.69, 9.17) is 0 Å². The Bertz CT molecular complexity index is 1240. The largest absolute Gasteiger partial charge is 0.348 e. The fraction of sp³-hybridized carbons (Fsp3) is 0.500. The highest BCUT2D eigenvalue weighted by molar-refractivity contribution is 5.77. The molecule has 8 heteroatoms. The summed E-state index contributed by atoms with van der Waals surface area (Å²) in [5.41, 5.74) is 2.22. The average Bonchev–Trinajstić information content (AvgIpc) is 3.22. The smallest absolute Gasteiger partial charge is 0.333 e. The zero-order valence-corrected chi connectivity index (χ0v) is 18.8. The molecule has 0 saturated heterocycles. The molecule has 1 amide bonds. The van der Waals surface area contributed by atoms with E-state index in [0.29, 0.717) is 24.3 Å². The fourth-order valence-corrected chi connectivity index (χ4v) is 4.59. The lowest BCUT2D eigenvalue weighted by atomic mass is 9.88. The van der Waals surface area contributed by atoms with E-state index in [0.717, 1.165) is 48.7 Å². The van der Waals surface area contributed by atoms with E-state index in [1.54, 1.807) is 10.9 Å². The lowest BCUT2D eigenvalue weighted by molar-refractivity contribution is -0.122. The first-order valence-electron chi connectivity index (χ1n) is 11.6. The highest BCUT2D eigenvalue weighted by Crippen LogP contribution is 2.29. The van der Waals surface area contributed by atoms with E-state index in [1.165, 1.54) is 10.1 Å². The van der Waals surface area contributed by atoms with Gasteiger partial charge in [0, 0.05) is 13.1 Å². The Hall–Kier alpha value is -3.16. The van der Waals surface area contributed by atoms with Crippen LogP contribution in [0, 0.1) is 0 Å². The predicted molar refractivity (Wildman–Crippen MR) is 124 cm³/mol. The van der Waals surface area contributed by atoms with Crippen molar-refractivity contribution in [2.45, 2.75) is 78.0 Å². The van der Waals surface area contributed by atoms with Crippen LogP contribution in [0.1, 0.15) is 63.1 Å². The summed E-state index contributed by atoms with van der Waals surface area (Å²) in [7, 11) is 0. The number of carbonyl (C=O) groups excluding carboxylic acids is 1. The molecule has 0 bridgehead atoms. The minimum Gasteiger partial charge on any atom is -0.348 e. The van der Waals surface area contributed by atoms with Gasteiger partial charge in [0.1, 0.15) is 6.54 Å². The third kappa shape index (κ3) is 4.13. The number of carbonyl (C=O) groups is 1. The summed E-state index contributed by atoms with van der Waals surface area (Å²) in [4.78, 5) is 43.7. The quantitative estimate of drug-likeness (QED) is 0.587. The van der Waals surface area contributed by atoms with Crippen LogP contribution < -0.4 is 16.6 Å². The SMILES string of the molecule is CCCCn1cnc2c1c(=O)n(CC(=O)N[C@@H]1CCCc3ccccc31)c(=O)n2CCC. The topological polar surface area (TPSA) is 90.9 Å². The monoisotopic (exact) mass is 437 g/mol. The molecule has 4 rings (SSSR count). The molecule has 8 nitrogen and oxygen atoms in total. The van der Waals surface area contributed by atoms with Gasteiger partial charge < -0.3 is 9.88 Å². The Labute approximate surface area is 186 Å². The molecule has 1 aliphatic carbocycles. The van der Waals surface area contributed by atoms with Gasteiger partial charge in [-0.1, -0.05) is 44.5 Å². The third-order valence-corrected chi connectivity index (χ3v) is 6.19. The van der Waals surface area contributed by atoms with Crippen LogP contribution >= 0.6 is 0 Å². The Kier molecular flexibility index (Phi) is 6.58. The molecule has 0 aliphatic heterocycles. The van der Waals surface area contributed by atoms with E-state index in [-0.39, 0.29) is 18.5 Å². The Morgan fingerprint density at radius 3 is 2.72 bits per heavy atom. The molecule has 1 aromatic carbocycles. The Morgan fingerprint density at radius 1 is 1.12 bits per heavy atom. The van der Waals surface area contributed by atoms with Gasteiger partial charge in [-0.05, 0) is 43.2 Å². The maximum Gasteiger partial charge on any atom is 0.333 e. The van der Waals surface area contributed by atoms with Crippen LogP contribution in [0.3, 0.4) is 0 Å². The van der Waals surface area contributed by atoms with E-state index in [1.807, 2.05) is 25.1 Å². The second-order valence-electron chi connectivity index (χ2n) is 8.50. The summed E-state index contributed by atoms with van der Waals surface area (Å²) in [6, 6.07) is 8.02. The average molecular weight is 438 g/mol. The second-order valence-corrected chi connectivity index (χ2v) is 8.50. The zero-order valence-electron chi connectivity index (χ0n) is 18.8. The second kappa shape index (κ2) is 9.54. The highest BCUT2D eigenvalue weighted by atomic mass is 16.2. The normalized spacial score (nSPS) is 15.6. The molecule has 2 heterocycles. The first kappa shape index (κ1) is 22.0. The van der Waals surface area contributed by atoms with Gasteiger partial charge in [0.25, 0.3) is 5.56 Å². The maximum atomic E-state index is 13.3. The number of hydrogen-bond acceptors (Lipinski definition) is 4. The summed E-state index contributed by atoms with van der Waals surface area (Å²) in [5, 5.41) is 3.05. The molecule has 1 N–H and O–H groups in total. The number of nitrogens with one attached hydrogen (secondary N) is 1. The van der Waals surface area contributed by atoms with Crippen molar-refractivity contribution >= 4 is 17.1 Å².